The second-order valence-corrected chi connectivity index (χ2v) is 6.29. The first kappa shape index (κ1) is 13.5. The molecule has 0 radical (unpaired) electrons. The molecule has 1 amide bonds. The normalized spacial score (nSPS) is 36.7. The summed E-state index contributed by atoms with van der Waals surface area (Å²) in [5, 5.41) is 9.45. The van der Waals surface area contributed by atoms with Crippen LogP contribution in [0.1, 0.15) is 18.5 Å². The molecule has 0 saturated carbocycles. The summed E-state index contributed by atoms with van der Waals surface area (Å²) >= 11 is 0. The van der Waals surface area contributed by atoms with Crippen molar-refractivity contribution in [2.45, 2.75) is 24.7 Å². The van der Waals surface area contributed by atoms with Crippen LogP contribution in [-0.4, -0.2) is 40.1 Å². The number of benzene rings is 1. The van der Waals surface area contributed by atoms with Crippen LogP contribution >= 0.6 is 0 Å². The van der Waals surface area contributed by atoms with Crippen molar-refractivity contribution in [3.63, 3.8) is 0 Å². The number of nitrogens with zero attached hydrogens (tertiary/aromatic N) is 1. The predicted molar refractivity (Wildman–Crippen MR) is 77.9 cm³/mol. The molecule has 3 aliphatic rings. The van der Waals surface area contributed by atoms with Gasteiger partial charge in [-0.3, -0.25) is 9.59 Å². The maximum absolute atomic E-state index is 12.8. The fraction of sp³-hybridized carbons (Fsp3) is 0.412. The fourth-order valence-corrected chi connectivity index (χ4v) is 4.05. The van der Waals surface area contributed by atoms with Gasteiger partial charge < -0.3 is 14.7 Å². The Balaban J connectivity index is 1.68. The number of hydrogen-bond donors (Lipinski definition) is 1. The summed E-state index contributed by atoms with van der Waals surface area (Å²) in [7, 11) is 0. The van der Waals surface area contributed by atoms with Gasteiger partial charge in [0.2, 0.25) is 5.91 Å². The number of ether oxygens (including phenoxy) is 1. The quantitative estimate of drug-likeness (QED) is 0.861. The molecule has 5 heteroatoms. The van der Waals surface area contributed by atoms with Gasteiger partial charge in [0.1, 0.15) is 11.5 Å². The molecule has 1 N–H and O–H groups in total. The largest absolute Gasteiger partial charge is 0.481 e. The van der Waals surface area contributed by atoms with Crippen molar-refractivity contribution in [3.8, 4) is 0 Å². The lowest BCUT2D eigenvalue weighted by molar-refractivity contribution is -0.148. The molecule has 5 nitrogen and oxygen atoms in total. The summed E-state index contributed by atoms with van der Waals surface area (Å²) in [6, 6.07) is 9.67. The average Bonchev–Trinajstić information content (AvgIpc) is 3.15. The van der Waals surface area contributed by atoms with Gasteiger partial charge in [-0.15, -0.1) is 0 Å². The van der Waals surface area contributed by atoms with Crippen molar-refractivity contribution >= 4 is 11.9 Å². The molecule has 5 atom stereocenters. The lowest BCUT2D eigenvalue weighted by Crippen LogP contribution is -2.39. The van der Waals surface area contributed by atoms with Gasteiger partial charge in [0.05, 0.1) is 24.6 Å². The Kier molecular flexibility index (Phi) is 2.72. The summed E-state index contributed by atoms with van der Waals surface area (Å²) in [4.78, 5) is 26.1. The minimum absolute atomic E-state index is 0.0980. The highest BCUT2D eigenvalue weighted by atomic mass is 16.5. The zero-order chi connectivity index (χ0) is 15.5. The number of amides is 1. The van der Waals surface area contributed by atoms with Crippen molar-refractivity contribution in [1.29, 1.82) is 0 Å². The van der Waals surface area contributed by atoms with Gasteiger partial charge in [-0.2, -0.15) is 0 Å². The standard InChI is InChI=1S/C17H17NO4/c1-10(11-5-3-2-4-6-11)18-9-17-8-7-12(22-17)13(16(20)21)14(17)15(18)19/h2-8,10,12-14H,9H2,1H3,(H,20,21)/t10-,12+,13+,14-,17+/m1/s1. The molecular weight excluding hydrogens is 282 g/mol. The summed E-state index contributed by atoms with van der Waals surface area (Å²) in [5.74, 6) is -2.45. The van der Waals surface area contributed by atoms with E-state index in [9.17, 15) is 14.7 Å². The molecule has 0 unspecified atom stereocenters. The number of carboxylic acids is 1. The molecule has 3 heterocycles. The molecule has 2 bridgehead atoms. The third-order valence-corrected chi connectivity index (χ3v) is 5.16. The Hall–Kier alpha value is -2.14. The van der Waals surface area contributed by atoms with E-state index >= 15 is 0 Å². The van der Waals surface area contributed by atoms with Crippen LogP contribution in [0.3, 0.4) is 0 Å². The number of carbonyl (C=O) groups is 2. The molecule has 0 aliphatic carbocycles. The molecular formula is C17H17NO4. The number of likely N-dealkylation sites (tertiary alicyclic amines) is 1. The Morgan fingerprint density at radius 2 is 2.14 bits per heavy atom. The zero-order valence-electron chi connectivity index (χ0n) is 12.2. The third-order valence-electron chi connectivity index (χ3n) is 5.16. The Morgan fingerprint density at radius 3 is 2.82 bits per heavy atom. The number of aliphatic carboxylic acids is 1. The summed E-state index contributed by atoms with van der Waals surface area (Å²) in [5.41, 5.74) is 0.283. The highest BCUT2D eigenvalue weighted by molar-refractivity contribution is 5.91. The molecule has 2 saturated heterocycles. The topological polar surface area (TPSA) is 66.8 Å². The number of carbonyl (C=O) groups excluding carboxylic acids is 1. The second-order valence-electron chi connectivity index (χ2n) is 6.29. The molecule has 1 aromatic rings. The number of rotatable bonds is 3. The zero-order valence-corrected chi connectivity index (χ0v) is 12.2. The highest BCUT2D eigenvalue weighted by Gasteiger charge is 2.67. The van der Waals surface area contributed by atoms with Gasteiger partial charge in [0.25, 0.3) is 0 Å². The smallest absolute Gasteiger partial charge is 0.310 e. The molecule has 0 aromatic heterocycles. The van der Waals surface area contributed by atoms with E-state index in [0.29, 0.717) is 6.54 Å². The first-order chi connectivity index (χ1) is 10.5. The lowest BCUT2D eigenvalue weighted by Gasteiger charge is -2.27. The van der Waals surface area contributed by atoms with Crippen LogP contribution in [0, 0.1) is 11.8 Å². The van der Waals surface area contributed by atoms with E-state index in [-0.39, 0.29) is 11.9 Å². The Morgan fingerprint density at radius 1 is 1.41 bits per heavy atom. The van der Waals surface area contributed by atoms with Crippen molar-refractivity contribution in [2.24, 2.45) is 11.8 Å². The maximum Gasteiger partial charge on any atom is 0.310 e. The van der Waals surface area contributed by atoms with Gasteiger partial charge in [0, 0.05) is 0 Å². The van der Waals surface area contributed by atoms with Gasteiger partial charge >= 0.3 is 5.97 Å². The lowest BCUT2D eigenvalue weighted by atomic mass is 9.77. The Bertz CT molecular complexity index is 670. The van der Waals surface area contributed by atoms with E-state index < -0.39 is 29.5 Å². The van der Waals surface area contributed by atoms with Crippen LogP contribution in [0.4, 0.5) is 0 Å². The summed E-state index contributed by atoms with van der Waals surface area (Å²) in [6.07, 6.45) is 3.21. The monoisotopic (exact) mass is 299 g/mol. The van der Waals surface area contributed by atoms with Crippen molar-refractivity contribution in [1.82, 2.24) is 4.90 Å². The van der Waals surface area contributed by atoms with Crippen LogP contribution in [0.25, 0.3) is 0 Å². The van der Waals surface area contributed by atoms with Crippen molar-refractivity contribution < 1.29 is 19.4 Å². The number of fused-ring (bicyclic) bond motifs is 1. The summed E-state index contributed by atoms with van der Waals surface area (Å²) < 4.78 is 5.89. The molecule has 114 valence electrons. The molecule has 1 spiro atoms. The van der Waals surface area contributed by atoms with E-state index in [2.05, 4.69) is 0 Å². The number of hydrogen-bond acceptors (Lipinski definition) is 3. The van der Waals surface area contributed by atoms with Crippen molar-refractivity contribution in [2.75, 3.05) is 6.54 Å². The van der Waals surface area contributed by atoms with Crippen LogP contribution in [0.15, 0.2) is 42.5 Å². The molecule has 1 aromatic carbocycles. The van der Waals surface area contributed by atoms with Crippen molar-refractivity contribution in [3.05, 3.63) is 48.0 Å². The molecule has 22 heavy (non-hydrogen) atoms. The minimum Gasteiger partial charge on any atom is -0.481 e. The molecule has 4 rings (SSSR count). The SMILES string of the molecule is C[C@H](c1ccccc1)N1C[C@]23C=C[C@H](O2)[C@H](C(=O)O)[C@@H]3C1=O. The van der Waals surface area contributed by atoms with Gasteiger partial charge in [-0.1, -0.05) is 42.5 Å². The van der Waals surface area contributed by atoms with Gasteiger partial charge in [-0.25, -0.2) is 0 Å². The molecule has 2 fully saturated rings. The average molecular weight is 299 g/mol. The van der Waals surface area contributed by atoms with Gasteiger partial charge in [-0.05, 0) is 12.5 Å². The predicted octanol–water partition coefficient (Wildman–Crippen LogP) is 1.61. The first-order valence-corrected chi connectivity index (χ1v) is 7.49. The van der Waals surface area contributed by atoms with Gasteiger partial charge in [0.15, 0.2) is 0 Å². The number of carboxylic acid groups (broad SMARTS) is 1. The van der Waals surface area contributed by atoms with E-state index in [1.165, 1.54) is 0 Å². The third kappa shape index (κ3) is 1.63. The minimum atomic E-state index is -0.955. The fourth-order valence-electron chi connectivity index (χ4n) is 4.05. The Labute approximate surface area is 128 Å². The van der Waals surface area contributed by atoms with E-state index in [4.69, 9.17) is 4.74 Å². The maximum atomic E-state index is 12.8. The first-order valence-electron chi connectivity index (χ1n) is 7.49. The van der Waals surface area contributed by atoms with Crippen LogP contribution in [-0.2, 0) is 14.3 Å². The molecule has 3 aliphatic heterocycles. The van der Waals surface area contributed by atoms with Crippen LogP contribution in [0.2, 0.25) is 0 Å². The highest BCUT2D eigenvalue weighted by Crippen LogP contribution is 2.53. The van der Waals surface area contributed by atoms with Crippen LogP contribution in [0.5, 0.6) is 0 Å². The van der Waals surface area contributed by atoms with Crippen LogP contribution < -0.4 is 0 Å². The summed E-state index contributed by atoms with van der Waals surface area (Å²) in [6.45, 7) is 2.39. The second kappa shape index (κ2) is 4.43. The van der Waals surface area contributed by atoms with E-state index in [1.54, 1.807) is 11.0 Å². The van der Waals surface area contributed by atoms with E-state index in [1.807, 2.05) is 43.3 Å². The van der Waals surface area contributed by atoms with E-state index in [0.717, 1.165) is 5.56 Å².